The molecule has 1 atom stereocenters. The third-order valence-electron chi connectivity index (χ3n) is 2.16. The fraction of sp³-hybridized carbons (Fsp3) is 0.400. The van der Waals surface area contributed by atoms with E-state index in [0.717, 1.165) is 0 Å². The van der Waals surface area contributed by atoms with Crippen molar-refractivity contribution < 1.29 is 13.9 Å². The zero-order valence-corrected chi connectivity index (χ0v) is 7.92. The molecule has 0 amide bonds. The Hall–Kier alpha value is -1.29. The van der Waals surface area contributed by atoms with Crippen LogP contribution in [0.15, 0.2) is 18.2 Å². The lowest BCUT2D eigenvalue weighted by Gasteiger charge is -2.21. The Morgan fingerprint density at radius 1 is 1.36 bits per heavy atom. The minimum atomic E-state index is -0.745. The molecule has 0 spiro atoms. The molecule has 0 fully saturated rings. The van der Waals surface area contributed by atoms with Crippen molar-refractivity contribution in [2.75, 3.05) is 6.54 Å². The van der Waals surface area contributed by atoms with Crippen molar-refractivity contribution in [1.82, 2.24) is 0 Å². The van der Waals surface area contributed by atoms with Gasteiger partial charge in [-0.2, -0.15) is 0 Å². The van der Waals surface area contributed by atoms with Crippen molar-refractivity contribution >= 4 is 0 Å². The van der Waals surface area contributed by atoms with Gasteiger partial charge in [0.1, 0.15) is 5.82 Å². The van der Waals surface area contributed by atoms with Gasteiger partial charge in [-0.3, -0.25) is 0 Å². The zero-order valence-electron chi connectivity index (χ0n) is 7.92. The topological polar surface area (TPSA) is 44.5 Å². The van der Waals surface area contributed by atoms with E-state index in [-0.39, 0.29) is 5.82 Å². The molecule has 1 aliphatic rings. The summed E-state index contributed by atoms with van der Waals surface area (Å²) in [7, 11) is 0. The fourth-order valence-electron chi connectivity index (χ4n) is 1.50. The van der Waals surface area contributed by atoms with Gasteiger partial charge in [0.15, 0.2) is 11.5 Å². The highest BCUT2D eigenvalue weighted by molar-refractivity contribution is 5.43. The van der Waals surface area contributed by atoms with Crippen LogP contribution >= 0.6 is 0 Å². The van der Waals surface area contributed by atoms with Crippen LogP contribution in [-0.4, -0.2) is 12.3 Å². The van der Waals surface area contributed by atoms with Gasteiger partial charge in [0.05, 0.1) is 0 Å². The largest absolute Gasteiger partial charge is 0.449 e. The van der Waals surface area contributed by atoms with Gasteiger partial charge >= 0.3 is 0 Å². The highest BCUT2D eigenvalue weighted by Gasteiger charge is 2.35. The van der Waals surface area contributed by atoms with E-state index in [4.69, 9.17) is 15.2 Å². The number of rotatable bonds is 2. The van der Waals surface area contributed by atoms with Crippen LogP contribution in [0.1, 0.15) is 13.3 Å². The van der Waals surface area contributed by atoms with Gasteiger partial charge in [-0.05, 0) is 18.7 Å². The summed E-state index contributed by atoms with van der Waals surface area (Å²) in [6.45, 7) is 2.25. The van der Waals surface area contributed by atoms with Crippen LogP contribution in [0.25, 0.3) is 0 Å². The van der Waals surface area contributed by atoms with E-state index in [1.165, 1.54) is 12.1 Å². The van der Waals surface area contributed by atoms with Gasteiger partial charge in [-0.15, -0.1) is 0 Å². The van der Waals surface area contributed by atoms with Crippen molar-refractivity contribution in [2.45, 2.75) is 19.1 Å². The Labute approximate surface area is 81.6 Å². The molecule has 1 unspecified atom stereocenters. The molecule has 0 aromatic heterocycles. The standard InChI is InChI=1S/C10H12FNO2/c1-10(4-5-12)13-8-3-2-7(11)6-9(8)14-10/h2-3,6H,4-5,12H2,1H3. The second-order valence-corrected chi connectivity index (χ2v) is 3.47. The van der Waals surface area contributed by atoms with Gasteiger partial charge in [0, 0.05) is 19.4 Å². The predicted molar refractivity (Wildman–Crippen MR) is 49.7 cm³/mol. The van der Waals surface area contributed by atoms with E-state index in [9.17, 15) is 4.39 Å². The summed E-state index contributed by atoms with van der Waals surface area (Å²) in [5.41, 5.74) is 5.42. The summed E-state index contributed by atoms with van der Waals surface area (Å²) in [4.78, 5) is 0. The number of hydrogen-bond acceptors (Lipinski definition) is 3. The third-order valence-corrected chi connectivity index (χ3v) is 2.16. The van der Waals surface area contributed by atoms with E-state index in [2.05, 4.69) is 0 Å². The fourth-order valence-corrected chi connectivity index (χ4v) is 1.50. The summed E-state index contributed by atoms with van der Waals surface area (Å²) >= 11 is 0. The van der Waals surface area contributed by atoms with Crippen LogP contribution in [0.2, 0.25) is 0 Å². The smallest absolute Gasteiger partial charge is 0.250 e. The van der Waals surface area contributed by atoms with Gasteiger partial charge < -0.3 is 15.2 Å². The van der Waals surface area contributed by atoms with Crippen LogP contribution in [0.4, 0.5) is 4.39 Å². The highest BCUT2D eigenvalue weighted by Crippen LogP contribution is 2.40. The Balaban J connectivity index is 2.25. The van der Waals surface area contributed by atoms with Crippen LogP contribution in [0, 0.1) is 5.82 Å². The summed E-state index contributed by atoms with van der Waals surface area (Å²) < 4.78 is 23.8. The van der Waals surface area contributed by atoms with Crippen molar-refractivity contribution in [3.63, 3.8) is 0 Å². The molecule has 1 aliphatic heterocycles. The first-order chi connectivity index (χ1) is 6.63. The van der Waals surface area contributed by atoms with Gasteiger partial charge in [-0.1, -0.05) is 0 Å². The van der Waals surface area contributed by atoms with E-state index >= 15 is 0 Å². The first-order valence-corrected chi connectivity index (χ1v) is 4.51. The van der Waals surface area contributed by atoms with Crippen molar-refractivity contribution in [1.29, 1.82) is 0 Å². The monoisotopic (exact) mass is 197 g/mol. The molecule has 0 bridgehead atoms. The molecule has 0 saturated heterocycles. The maximum Gasteiger partial charge on any atom is 0.250 e. The minimum absolute atomic E-state index is 0.329. The number of fused-ring (bicyclic) bond motifs is 1. The molecule has 2 rings (SSSR count). The molecule has 2 N–H and O–H groups in total. The van der Waals surface area contributed by atoms with Crippen molar-refractivity contribution in [3.05, 3.63) is 24.0 Å². The minimum Gasteiger partial charge on any atom is -0.449 e. The number of ether oxygens (including phenoxy) is 2. The number of nitrogens with two attached hydrogens (primary N) is 1. The molecule has 14 heavy (non-hydrogen) atoms. The van der Waals surface area contributed by atoms with Crippen molar-refractivity contribution in [2.24, 2.45) is 5.73 Å². The second kappa shape index (κ2) is 3.13. The lowest BCUT2D eigenvalue weighted by atomic mass is 10.2. The van der Waals surface area contributed by atoms with Gasteiger partial charge in [0.25, 0.3) is 0 Å². The van der Waals surface area contributed by atoms with Gasteiger partial charge in [-0.25, -0.2) is 4.39 Å². The average molecular weight is 197 g/mol. The van der Waals surface area contributed by atoms with E-state index in [1.807, 2.05) is 0 Å². The van der Waals surface area contributed by atoms with Crippen LogP contribution in [0.3, 0.4) is 0 Å². The average Bonchev–Trinajstić information content (AvgIpc) is 2.40. The molecule has 1 heterocycles. The number of benzene rings is 1. The molecule has 76 valence electrons. The first kappa shape index (κ1) is 9.27. The van der Waals surface area contributed by atoms with Gasteiger partial charge in [0.2, 0.25) is 5.79 Å². The summed E-state index contributed by atoms with van der Waals surface area (Å²) in [6, 6.07) is 4.22. The van der Waals surface area contributed by atoms with Crippen LogP contribution in [-0.2, 0) is 0 Å². The molecule has 0 saturated carbocycles. The summed E-state index contributed by atoms with van der Waals surface area (Å²) in [5, 5.41) is 0. The van der Waals surface area contributed by atoms with E-state index in [1.54, 1.807) is 13.0 Å². The molecular formula is C10H12FNO2. The predicted octanol–water partition coefficient (Wildman–Crippen LogP) is 1.66. The number of halogens is 1. The summed E-state index contributed by atoms with van der Waals surface area (Å²) in [5.74, 6) is -0.0575. The molecule has 3 nitrogen and oxygen atoms in total. The van der Waals surface area contributed by atoms with Crippen LogP contribution < -0.4 is 15.2 Å². The quantitative estimate of drug-likeness (QED) is 0.784. The number of hydrogen-bond donors (Lipinski definition) is 1. The van der Waals surface area contributed by atoms with Crippen LogP contribution in [0.5, 0.6) is 11.5 Å². The maximum absolute atomic E-state index is 12.8. The Morgan fingerprint density at radius 3 is 2.79 bits per heavy atom. The Bertz CT molecular complexity index is 356. The van der Waals surface area contributed by atoms with E-state index in [0.29, 0.717) is 24.5 Å². The first-order valence-electron chi connectivity index (χ1n) is 4.51. The molecule has 0 aliphatic carbocycles. The lowest BCUT2D eigenvalue weighted by Crippen LogP contribution is -2.36. The second-order valence-electron chi connectivity index (χ2n) is 3.47. The molecule has 0 radical (unpaired) electrons. The normalized spacial score (nSPS) is 23.9. The highest BCUT2D eigenvalue weighted by atomic mass is 19.1. The SMILES string of the molecule is CC1(CCN)Oc2ccc(F)cc2O1. The van der Waals surface area contributed by atoms with E-state index < -0.39 is 5.79 Å². The summed E-state index contributed by atoms with van der Waals surface area (Å²) in [6.07, 6.45) is 0.573. The lowest BCUT2D eigenvalue weighted by molar-refractivity contribution is -0.0658. The maximum atomic E-state index is 12.8. The Kier molecular flexibility index (Phi) is 2.07. The molecule has 1 aromatic carbocycles. The molecule has 4 heteroatoms. The third kappa shape index (κ3) is 1.53. The molecular weight excluding hydrogens is 185 g/mol. The van der Waals surface area contributed by atoms with Crippen molar-refractivity contribution in [3.8, 4) is 11.5 Å². The zero-order chi connectivity index (χ0) is 10.2. The Morgan fingerprint density at radius 2 is 2.07 bits per heavy atom. The molecule has 1 aromatic rings.